The van der Waals surface area contributed by atoms with E-state index >= 15 is 0 Å². The minimum absolute atomic E-state index is 0.0965. The zero-order valence-corrected chi connectivity index (χ0v) is 8.90. The molecule has 2 aromatic rings. The van der Waals surface area contributed by atoms with E-state index in [0.717, 1.165) is 0 Å². The van der Waals surface area contributed by atoms with Crippen LogP contribution >= 0.6 is 0 Å². The minimum Gasteiger partial charge on any atom is -0.465 e. The monoisotopic (exact) mass is 218 g/mol. The minimum atomic E-state index is -0.454. The number of pyridine rings is 1. The van der Waals surface area contributed by atoms with Crippen LogP contribution in [0.15, 0.2) is 18.5 Å². The predicted octanol–water partition coefficient (Wildman–Crippen LogP) is 1.55. The lowest BCUT2D eigenvalue weighted by atomic mass is 10.1. The van der Waals surface area contributed by atoms with Crippen LogP contribution in [-0.2, 0) is 4.74 Å². The fourth-order valence-electron chi connectivity index (χ4n) is 1.57. The van der Waals surface area contributed by atoms with Gasteiger partial charge in [0.1, 0.15) is 0 Å². The van der Waals surface area contributed by atoms with Crippen molar-refractivity contribution in [1.29, 1.82) is 0 Å². The second-order valence-electron chi connectivity index (χ2n) is 3.33. The lowest BCUT2D eigenvalue weighted by Crippen LogP contribution is -2.02. The lowest BCUT2D eigenvalue weighted by Gasteiger charge is -2.00. The number of ketones is 1. The van der Waals surface area contributed by atoms with E-state index in [4.69, 9.17) is 0 Å². The van der Waals surface area contributed by atoms with E-state index in [0.29, 0.717) is 22.2 Å². The molecule has 0 fully saturated rings. The first-order chi connectivity index (χ1) is 7.65. The molecule has 2 heterocycles. The van der Waals surface area contributed by atoms with E-state index in [1.807, 2.05) is 0 Å². The molecule has 0 aromatic carbocycles. The van der Waals surface area contributed by atoms with Gasteiger partial charge in [0.25, 0.3) is 0 Å². The number of nitrogens with one attached hydrogen (secondary N) is 1. The van der Waals surface area contributed by atoms with Gasteiger partial charge in [-0.3, -0.25) is 9.78 Å². The first-order valence-electron chi connectivity index (χ1n) is 4.70. The highest BCUT2D eigenvalue weighted by Crippen LogP contribution is 2.20. The quantitative estimate of drug-likeness (QED) is 0.613. The number of carbonyl (C=O) groups is 2. The number of hydrogen-bond acceptors (Lipinski definition) is 4. The number of carbonyl (C=O) groups excluding carboxylic acids is 2. The van der Waals surface area contributed by atoms with Crippen molar-refractivity contribution < 1.29 is 14.3 Å². The maximum Gasteiger partial charge on any atom is 0.340 e. The van der Waals surface area contributed by atoms with E-state index in [9.17, 15) is 9.59 Å². The Morgan fingerprint density at radius 3 is 2.75 bits per heavy atom. The Morgan fingerprint density at radius 2 is 2.12 bits per heavy atom. The summed E-state index contributed by atoms with van der Waals surface area (Å²) in [5, 5.41) is 0. The summed E-state index contributed by atoms with van der Waals surface area (Å²) in [6.45, 7) is 1.45. The first-order valence-corrected chi connectivity index (χ1v) is 4.70. The number of rotatable bonds is 2. The summed E-state index contributed by atoms with van der Waals surface area (Å²) < 4.78 is 4.64. The SMILES string of the molecule is COC(=O)c1ccnc2c(C(C)=O)c[nH]c12. The van der Waals surface area contributed by atoms with E-state index in [-0.39, 0.29) is 5.78 Å². The van der Waals surface area contributed by atoms with Gasteiger partial charge in [-0.05, 0) is 13.0 Å². The molecule has 0 aliphatic heterocycles. The lowest BCUT2D eigenvalue weighted by molar-refractivity contribution is 0.0602. The van der Waals surface area contributed by atoms with Crippen molar-refractivity contribution in [3.63, 3.8) is 0 Å². The Labute approximate surface area is 91.4 Å². The van der Waals surface area contributed by atoms with Crippen LogP contribution in [0.25, 0.3) is 11.0 Å². The molecule has 5 nitrogen and oxygen atoms in total. The molecular formula is C11H10N2O3. The van der Waals surface area contributed by atoms with E-state index in [2.05, 4.69) is 14.7 Å². The molecule has 1 N–H and O–H groups in total. The van der Waals surface area contributed by atoms with Crippen LogP contribution in [0.1, 0.15) is 27.6 Å². The van der Waals surface area contributed by atoms with Crippen molar-refractivity contribution in [3.8, 4) is 0 Å². The molecular weight excluding hydrogens is 208 g/mol. The molecule has 0 spiro atoms. The average molecular weight is 218 g/mol. The molecule has 0 saturated carbocycles. The van der Waals surface area contributed by atoms with Gasteiger partial charge in [-0.25, -0.2) is 4.79 Å². The number of aromatic nitrogens is 2. The normalized spacial score (nSPS) is 10.4. The Balaban J connectivity index is 2.71. The number of aromatic amines is 1. The largest absolute Gasteiger partial charge is 0.465 e. The molecule has 0 bridgehead atoms. The first kappa shape index (κ1) is 10.4. The molecule has 0 saturated heterocycles. The van der Waals surface area contributed by atoms with Crippen molar-refractivity contribution in [1.82, 2.24) is 9.97 Å². The topological polar surface area (TPSA) is 72.0 Å². The summed E-state index contributed by atoms with van der Waals surface area (Å²) in [6, 6.07) is 1.55. The van der Waals surface area contributed by atoms with Gasteiger partial charge in [-0.1, -0.05) is 0 Å². The number of ether oxygens (including phenoxy) is 1. The average Bonchev–Trinajstić information content (AvgIpc) is 2.71. The molecule has 5 heteroatoms. The number of esters is 1. The smallest absolute Gasteiger partial charge is 0.340 e. The number of H-pyrrole nitrogens is 1. The highest BCUT2D eigenvalue weighted by Gasteiger charge is 2.16. The van der Waals surface area contributed by atoms with Crippen LogP contribution < -0.4 is 0 Å². The molecule has 0 amide bonds. The molecule has 0 unspecified atom stereocenters. The highest BCUT2D eigenvalue weighted by molar-refractivity contribution is 6.10. The standard InChI is InChI=1S/C11H10N2O3/c1-6(14)8-5-13-9-7(11(15)16-2)3-4-12-10(8)9/h3-5,13H,1-2H3. The van der Waals surface area contributed by atoms with E-state index in [1.54, 1.807) is 12.3 Å². The van der Waals surface area contributed by atoms with E-state index < -0.39 is 5.97 Å². The van der Waals surface area contributed by atoms with Crippen LogP contribution in [0.3, 0.4) is 0 Å². The van der Waals surface area contributed by atoms with Crippen molar-refractivity contribution in [2.75, 3.05) is 7.11 Å². The summed E-state index contributed by atoms with van der Waals surface area (Å²) in [5.74, 6) is -0.551. The maximum absolute atomic E-state index is 11.5. The second kappa shape index (κ2) is 3.77. The summed E-state index contributed by atoms with van der Waals surface area (Å²) in [5.41, 5.74) is 1.87. The Bertz CT molecular complexity index is 572. The van der Waals surface area contributed by atoms with Crippen molar-refractivity contribution in [3.05, 3.63) is 29.6 Å². The van der Waals surface area contributed by atoms with Gasteiger partial charge in [0, 0.05) is 12.4 Å². The van der Waals surface area contributed by atoms with Crippen molar-refractivity contribution >= 4 is 22.8 Å². The van der Waals surface area contributed by atoms with Crippen molar-refractivity contribution in [2.24, 2.45) is 0 Å². The third-order valence-corrected chi connectivity index (χ3v) is 2.35. The maximum atomic E-state index is 11.5. The van der Waals surface area contributed by atoms with Gasteiger partial charge in [-0.15, -0.1) is 0 Å². The molecule has 16 heavy (non-hydrogen) atoms. The molecule has 0 aliphatic rings. The van der Waals surface area contributed by atoms with Gasteiger partial charge in [0.15, 0.2) is 5.78 Å². The zero-order valence-electron chi connectivity index (χ0n) is 8.90. The molecule has 2 rings (SSSR count). The molecule has 0 atom stereocenters. The number of nitrogens with zero attached hydrogens (tertiary/aromatic N) is 1. The third kappa shape index (κ3) is 1.46. The van der Waals surface area contributed by atoms with Crippen molar-refractivity contribution in [2.45, 2.75) is 6.92 Å². The number of methoxy groups -OCH3 is 1. The van der Waals surface area contributed by atoms with Gasteiger partial charge in [0.2, 0.25) is 0 Å². The highest BCUT2D eigenvalue weighted by atomic mass is 16.5. The van der Waals surface area contributed by atoms with Crippen LogP contribution in [-0.4, -0.2) is 28.8 Å². The van der Waals surface area contributed by atoms with Gasteiger partial charge in [0.05, 0.1) is 29.3 Å². The molecule has 0 radical (unpaired) electrons. The van der Waals surface area contributed by atoms with Gasteiger partial charge in [-0.2, -0.15) is 0 Å². The molecule has 82 valence electrons. The Hall–Kier alpha value is -2.17. The fourth-order valence-corrected chi connectivity index (χ4v) is 1.57. The Kier molecular flexibility index (Phi) is 2.44. The van der Waals surface area contributed by atoms with Crippen LogP contribution in [0.5, 0.6) is 0 Å². The number of fused-ring (bicyclic) bond motifs is 1. The van der Waals surface area contributed by atoms with Crippen LogP contribution in [0.4, 0.5) is 0 Å². The summed E-state index contributed by atoms with van der Waals surface area (Å²) in [6.07, 6.45) is 3.03. The second-order valence-corrected chi connectivity index (χ2v) is 3.33. The molecule has 0 aliphatic carbocycles. The van der Waals surface area contributed by atoms with Crippen LogP contribution in [0.2, 0.25) is 0 Å². The summed E-state index contributed by atoms with van der Waals surface area (Å²) in [7, 11) is 1.31. The summed E-state index contributed by atoms with van der Waals surface area (Å²) >= 11 is 0. The van der Waals surface area contributed by atoms with Gasteiger partial charge < -0.3 is 9.72 Å². The van der Waals surface area contributed by atoms with E-state index in [1.165, 1.54) is 20.2 Å². The fraction of sp³-hybridized carbons (Fsp3) is 0.182. The van der Waals surface area contributed by atoms with Crippen LogP contribution in [0, 0.1) is 0 Å². The predicted molar refractivity (Wildman–Crippen MR) is 57.4 cm³/mol. The third-order valence-electron chi connectivity index (χ3n) is 2.35. The Morgan fingerprint density at radius 1 is 1.38 bits per heavy atom. The molecule has 2 aromatic heterocycles. The summed E-state index contributed by atoms with van der Waals surface area (Å²) in [4.78, 5) is 29.7. The zero-order chi connectivity index (χ0) is 11.7. The van der Waals surface area contributed by atoms with Gasteiger partial charge >= 0.3 is 5.97 Å². The number of Topliss-reactive ketones (excluding diaryl/α,β-unsaturated/α-hetero) is 1. The number of hydrogen-bond donors (Lipinski definition) is 1.